The molecule has 1 N–H and O–H groups in total. The number of fused-ring (bicyclic) bond motifs is 1. The monoisotopic (exact) mass is 366 g/mol. The van der Waals surface area contributed by atoms with Crippen LogP contribution >= 0.6 is 11.6 Å². The van der Waals surface area contributed by atoms with E-state index in [1.807, 2.05) is 35.1 Å². The molecule has 2 heterocycles. The average Bonchev–Trinajstić information content (AvgIpc) is 3.08. The highest BCUT2D eigenvalue weighted by Gasteiger charge is 2.25. The lowest BCUT2D eigenvalue weighted by atomic mass is 9.92. The summed E-state index contributed by atoms with van der Waals surface area (Å²) in [5, 5.41) is 8.44. The van der Waals surface area contributed by atoms with E-state index < -0.39 is 0 Å². The van der Waals surface area contributed by atoms with Crippen LogP contribution in [-0.4, -0.2) is 20.7 Å². The van der Waals surface area contributed by atoms with E-state index in [1.54, 1.807) is 24.5 Å². The lowest BCUT2D eigenvalue weighted by Gasteiger charge is -2.24. The third kappa shape index (κ3) is 3.48. The Hall–Kier alpha value is -2.66. The lowest BCUT2D eigenvalue weighted by molar-refractivity contribution is 0.0932. The molecule has 132 valence electrons. The van der Waals surface area contributed by atoms with Crippen molar-refractivity contribution in [2.45, 2.75) is 31.8 Å². The molecule has 0 unspecified atom stereocenters. The molecule has 5 nitrogen and oxygen atoms in total. The number of nitrogens with zero attached hydrogens (tertiary/aromatic N) is 3. The number of pyridine rings is 1. The first-order valence-electron chi connectivity index (χ1n) is 8.70. The topological polar surface area (TPSA) is 59.8 Å². The van der Waals surface area contributed by atoms with Gasteiger partial charge in [0, 0.05) is 34.2 Å². The molecule has 1 atom stereocenters. The molecule has 0 aliphatic heterocycles. The zero-order chi connectivity index (χ0) is 17.9. The maximum Gasteiger partial charge on any atom is 0.251 e. The Labute approximate surface area is 157 Å². The fraction of sp³-hybridized carbons (Fsp3) is 0.250. The van der Waals surface area contributed by atoms with Gasteiger partial charge in [-0.15, -0.1) is 0 Å². The molecule has 26 heavy (non-hydrogen) atoms. The minimum Gasteiger partial charge on any atom is -0.345 e. The summed E-state index contributed by atoms with van der Waals surface area (Å²) < 4.78 is 2.03. The van der Waals surface area contributed by atoms with E-state index >= 15 is 0 Å². The highest BCUT2D eigenvalue weighted by molar-refractivity contribution is 6.30. The molecule has 0 bridgehead atoms. The highest BCUT2D eigenvalue weighted by Crippen LogP contribution is 2.30. The van der Waals surface area contributed by atoms with Crippen molar-refractivity contribution in [1.29, 1.82) is 0 Å². The van der Waals surface area contributed by atoms with E-state index in [0.717, 1.165) is 35.4 Å². The largest absolute Gasteiger partial charge is 0.345 e. The van der Waals surface area contributed by atoms with Gasteiger partial charge in [-0.2, -0.15) is 5.10 Å². The van der Waals surface area contributed by atoms with Crippen molar-refractivity contribution in [2.75, 3.05) is 0 Å². The second-order valence-electron chi connectivity index (χ2n) is 6.48. The van der Waals surface area contributed by atoms with Crippen LogP contribution in [0.2, 0.25) is 5.02 Å². The van der Waals surface area contributed by atoms with Gasteiger partial charge in [-0.25, -0.2) is 0 Å². The molecule has 1 aliphatic carbocycles. The quantitative estimate of drug-likeness (QED) is 0.764. The first kappa shape index (κ1) is 16.8. The van der Waals surface area contributed by atoms with Gasteiger partial charge in [-0.05, 0) is 49.1 Å². The maximum atomic E-state index is 12.5. The van der Waals surface area contributed by atoms with E-state index in [2.05, 4.69) is 15.4 Å². The molecule has 0 radical (unpaired) electrons. The van der Waals surface area contributed by atoms with Gasteiger partial charge in [0.1, 0.15) is 0 Å². The van der Waals surface area contributed by atoms with Crippen LogP contribution in [0.3, 0.4) is 0 Å². The number of rotatable bonds is 4. The van der Waals surface area contributed by atoms with Crippen LogP contribution in [0.5, 0.6) is 0 Å². The molecule has 0 saturated carbocycles. The van der Waals surface area contributed by atoms with Crippen LogP contribution in [-0.2, 0) is 13.0 Å². The summed E-state index contributed by atoms with van der Waals surface area (Å²) in [5.41, 5.74) is 4.10. The number of carbonyl (C=O) groups excluding carboxylic acids is 1. The van der Waals surface area contributed by atoms with E-state index in [-0.39, 0.29) is 11.9 Å². The number of nitrogens with one attached hydrogen (secondary N) is 1. The van der Waals surface area contributed by atoms with Gasteiger partial charge in [0.25, 0.3) is 5.91 Å². The fourth-order valence-corrected chi connectivity index (χ4v) is 3.54. The standard InChI is InChI=1S/C20H19ClN4O/c21-16-6-4-14(5-7-16)13-25-19-3-1-2-18(17(19)12-23-25)24-20(26)15-8-10-22-11-9-15/h4-12,18H,1-3,13H2,(H,24,26)/t18-/m1/s1. The number of aromatic nitrogens is 3. The van der Waals surface area contributed by atoms with Crippen molar-refractivity contribution < 1.29 is 4.79 Å². The van der Waals surface area contributed by atoms with Gasteiger partial charge in [0.2, 0.25) is 0 Å². The van der Waals surface area contributed by atoms with Crippen LogP contribution in [0.4, 0.5) is 0 Å². The summed E-state index contributed by atoms with van der Waals surface area (Å²) in [4.78, 5) is 16.4. The van der Waals surface area contributed by atoms with Crippen molar-refractivity contribution >= 4 is 17.5 Å². The first-order valence-corrected chi connectivity index (χ1v) is 9.08. The third-order valence-corrected chi connectivity index (χ3v) is 5.01. The molecule has 1 aromatic carbocycles. The van der Waals surface area contributed by atoms with E-state index in [0.29, 0.717) is 12.1 Å². The molecule has 3 aromatic rings. The Bertz CT molecular complexity index is 905. The molecule has 1 amide bonds. The Morgan fingerprint density at radius 1 is 1.19 bits per heavy atom. The molecule has 6 heteroatoms. The van der Waals surface area contributed by atoms with Gasteiger partial charge in [-0.3, -0.25) is 14.5 Å². The van der Waals surface area contributed by atoms with Crippen molar-refractivity contribution in [3.63, 3.8) is 0 Å². The number of carbonyl (C=O) groups is 1. The number of hydrogen-bond acceptors (Lipinski definition) is 3. The minimum absolute atomic E-state index is 0.00150. The molecule has 2 aromatic heterocycles. The predicted octanol–water partition coefficient (Wildman–Crippen LogP) is 3.79. The Balaban J connectivity index is 1.53. The van der Waals surface area contributed by atoms with Gasteiger partial charge < -0.3 is 5.32 Å². The summed E-state index contributed by atoms with van der Waals surface area (Å²) in [5.74, 6) is -0.0734. The predicted molar refractivity (Wildman–Crippen MR) is 100 cm³/mol. The van der Waals surface area contributed by atoms with Gasteiger partial charge >= 0.3 is 0 Å². The molecular weight excluding hydrogens is 348 g/mol. The summed E-state index contributed by atoms with van der Waals surface area (Å²) in [6, 6.07) is 11.3. The second kappa shape index (κ2) is 7.30. The van der Waals surface area contributed by atoms with Gasteiger partial charge in [-0.1, -0.05) is 23.7 Å². The van der Waals surface area contributed by atoms with Crippen LogP contribution < -0.4 is 5.32 Å². The number of halogens is 1. The molecule has 1 aliphatic rings. The minimum atomic E-state index is -0.0734. The van der Waals surface area contributed by atoms with Crippen LogP contribution in [0.25, 0.3) is 0 Å². The van der Waals surface area contributed by atoms with E-state index in [9.17, 15) is 4.79 Å². The third-order valence-electron chi connectivity index (χ3n) is 4.76. The SMILES string of the molecule is O=C(N[C@@H]1CCCc2c1cnn2Cc1ccc(Cl)cc1)c1ccncc1. The molecule has 0 spiro atoms. The second-order valence-corrected chi connectivity index (χ2v) is 6.92. The lowest BCUT2D eigenvalue weighted by Crippen LogP contribution is -2.31. The average molecular weight is 367 g/mol. The van der Waals surface area contributed by atoms with Crippen molar-refractivity contribution in [3.05, 3.63) is 82.4 Å². The molecule has 0 fully saturated rings. The highest BCUT2D eigenvalue weighted by atomic mass is 35.5. The van der Waals surface area contributed by atoms with E-state index in [4.69, 9.17) is 11.6 Å². The smallest absolute Gasteiger partial charge is 0.251 e. The van der Waals surface area contributed by atoms with E-state index in [1.165, 1.54) is 5.69 Å². The van der Waals surface area contributed by atoms with Crippen LogP contribution in [0.15, 0.2) is 55.0 Å². The van der Waals surface area contributed by atoms with Crippen LogP contribution in [0.1, 0.15) is 46.1 Å². The van der Waals surface area contributed by atoms with Crippen LogP contribution in [0, 0.1) is 0 Å². The zero-order valence-electron chi connectivity index (χ0n) is 14.2. The molecule has 4 rings (SSSR count). The van der Waals surface area contributed by atoms with Gasteiger partial charge in [0.05, 0.1) is 18.8 Å². The summed E-state index contributed by atoms with van der Waals surface area (Å²) >= 11 is 5.96. The fourth-order valence-electron chi connectivity index (χ4n) is 3.41. The summed E-state index contributed by atoms with van der Waals surface area (Å²) in [6.45, 7) is 0.706. The summed E-state index contributed by atoms with van der Waals surface area (Å²) in [6.07, 6.45) is 8.08. The maximum absolute atomic E-state index is 12.5. The number of hydrogen-bond donors (Lipinski definition) is 1. The molecular formula is C20H19ClN4O. The Morgan fingerprint density at radius 2 is 1.96 bits per heavy atom. The first-order chi connectivity index (χ1) is 12.7. The van der Waals surface area contributed by atoms with Crippen molar-refractivity contribution in [3.8, 4) is 0 Å². The van der Waals surface area contributed by atoms with Crippen molar-refractivity contribution in [1.82, 2.24) is 20.1 Å². The normalized spacial score (nSPS) is 16.1. The Morgan fingerprint density at radius 3 is 2.73 bits per heavy atom. The number of amides is 1. The molecule has 0 saturated heterocycles. The van der Waals surface area contributed by atoms with Gasteiger partial charge in [0.15, 0.2) is 0 Å². The number of benzene rings is 1. The van der Waals surface area contributed by atoms with Crippen molar-refractivity contribution in [2.24, 2.45) is 0 Å². The summed E-state index contributed by atoms with van der Waals surface area (Å²) in [7, 11) is 0. The zero-order valence-corrected chi connectivity index (χ0v) is 15.0. The Kier molecular flexibility index (Phi) is 4.71.